The Morgan fingerprint density at radius 1 is 0.897 bits per heavy atom. The molecule has 3 rings (SSSR count). The van der Waals surface area contributed by atoms with E-state index in [1.165, 1.54) is 22.4 Å². The topological polar surface area (TPSA) is 64.7 Å². The minimum Gasteiger partial charge on any atom is -0.368 e. The number of carbonyl (C=O) groups excluding carboxylic acids is 2. The third kappa shape index (κ3) is 5.50. The summed E-state index contributed by atoms with van der Waals surface area (Å²) in [4.78, 5) is 28.6. The molecule has 154 valence electrons. The first-order valence-electron chi connectivity index (χ1n) is 10.1. The van der Waals surface area contributed by atoms with E-state index in [0.717, 1.165) is 18.7 Å². The Bertz CT molecular complexity index is 856. The van der Waals surface area contributed by atoms with Crippen molar-refractivity contribution < 1.29 is 9.59 Å². The number of nitrogens with one attached hydrogen (secondary N) is 2. The van der Waals surface area contributed by atoms with Gasteiger partial charge in [-0.1, -0.05) is 42.0 Å². The van der Waals surface area contributed by atoms with Crippen molar-refractivity contribution in [3.63, 3.8) is 0 Å². The molecule has 1 fully saturated rings. The minimum atomic E-state index is -0.326. The van der Waals surface area contributed by atoms with Gasteiger partial charge in [-0.25, -0.2) is 4.79 Å². The van der Waals surface area contributed by atoms with Crippen LogP contribution in [0.3, 0.4) is 0 Å². The first-order valence-corrected chi connectivity index (χ1v) is 10.1. The van der Waals surface area contributed by atoms with Crippen LogP contribution in [0.2, 0.25) is 0 Å². The smallest absolute Gasteiger partial charge is 0.315 e. The van der Waals surface area contributed by atoms with Crippen LogP contribution in [0, 0.1) is 20.8 Å². The summed E-state index contributed by atoms with van der Waals surface area (Å²) in [6.07, 6.45) is 0. The van der Waals surface area contributed by atoms with Gasteiger partial charge in [-0.05, 0) is 43.5 Å². The van der Waals surface area contributed by atoms with Crippen LogP contribution >= 0.6 is 0 Å². The highest BCUT2D eigenvalue weighted by Gasteiger charge is 2.22. The van der Waals surface area contributed by atoms with E-state index < -0.39 is 0 Å². The van der Waals surface area contributed by atoms with E-state index in [1.54, 1.807) is 0 Å². The Hall–Kier alpha value is -3.02. The first kappa shape index (κ1) is 20.7. The molecule has 0 spiro atoms. The van der Waals surface area contributed by atoms with E-state index >= 15 is 0 Å². The zero-order valence-corrected chi connectivity index (χ0v) is 17.5. The van der Waals surface area contributed by atoms with Crippen molar-refractivity contribution in [3.05, 3.63) is 64.7 Å². The van der Waals surface area contributed by atoms with E-state index in [9.17, 15) is 9.59 Å². The fraction of sp³-hybridized carbons (Fsp3) is 0.391. The van der Waals surface area contributed by atoms with E-state index in [0.29, 0.717) is 19.6 Å². The van der Waals surface area contributed by atoms with Gasteiger partial charge in [0.1, 0.15) is 0 Å². The van der Waals surface area contributed by atoms with Crippen LogP contribution in [-0.2, 0) is 11.3 Å². The lowest BCUT2D eigenvalue weighted by Crippen LogP contribution is -2.52. The Morgan fingerprint density at radius 2 is 1.59 bits per heavy atom. The fourth-order valence-electron chi connectivity index (χ4n) is 3.49. The summed E-state index contributed by atoms with van der Waals surface area (Å²) in [5.74, 6) is -0.0453. The van der Waals surface area contributed by atoms with E-state index in [4.69, 9.17) is 0 Å². The van der Waals surface area contributed by atoms with Gasteiger partial charge in [-0.3, -0.25) is 4.79 Å². The molecule has 0 aliphatic carbocycles. The Morgan fingerprint density at radius 3 is 2.28 bits per heavy atom. The van der Waals surface area contributed by atoms with Crippen molar-refractivity contribution in [2.45, 2.75) is 27.3 Å². The summed E-state index contributed by atoms with van der Waals surface area (Å²) in [6, 6.07) is 14.0. The van der Waals surface area contributed by atoms with Gasteiger partial charge in [-0.2, -0.15) is 0 Å². The van der Waals surface area contributed by atoms with Crippen molar-refractivity contribution in [3.8, 4) is 0 Å². The van der Waals surface area contributed by atoms with E-state index in [1.807, 2.05) is 36.1 Å². The van der Waals surface area contributed by atoms with Crippen LogP contribution < -0.4 is 15.5 Å². The first-order chi connectivity index (χ1) is 13.9. The molecule has 0 radical (unpaired) electrons. The second kappa shape index (κ2) is 9.45. The van der Waals surface area contributed by atoms with Crippen molar-refractivity contribution in [1.82, 2.24) is 15.5 Å². The molecular weight excluding hydrogens is 364 g/mol. The van der Waals surface area contributed by atoms with Crippen molar-refractivity contribution in [1.29, 1.82) is 0 Å². The number of amides is 3. The molecule has 6 nitrogen and oxygen atoms in total. The van der Waals surface area contributed by atoms with Crippen LogP contribution in [0.5, 0.6) is 0 Å². The van der Waals surface area contributed by atoms with Gasteiger partial charge >= 0.3 is 6.03 Å². The van der Waals surface area contributed by atoms with Gasteiger partial charge in [0.25, 0.3) is 0 Å². The zero-order chi connectivity index (χ0) is 20.8. The van der Waals surface area contributed by atoms with Crippen LogP contribution in [0.25, 0.3) is 0 Å². The molecule has 2 aromatic carbocycles. The average molecular weight is 395 g/mol. The molecule has 1 aliphatic heterocycles. The molecule has 1 saturated heterocycles. The largest absolute Gasteiger partial charge is 0.368 e. The predicted molar refractivity (Wildman–Crippen MR) is 116 cm³/mol. The summed E-state index contributed by atoms with van der Waals surface area (Å²) in [5, 5.41) is 5.45. The molecule has 0 saturated carbocycles. The van der Waals surface area contributed by atoms with Gasteiger partial charge in [-0.15, -0.1) is 0 Å². The maximum absolute atomic E-state index is 12.4. The quantitative estimate of drug-likeness (QED) is 0.820. The summed E-state index contributed by atoms with van der Waals surface area (Å²) in [5.41, 5.74) is 6.02. The molecule has 3 amide bonds. The lowest BCUT2D eigenvalue weighted by Gasteiger charge is -2.37. The zero-order valence-electron chi connectivity index (χ0n) is 17.5. The molecule has 2 N–H and O–H groups in total. The van der Waals surface area contributed by atoms with Crippen molar-refractivity contribution >= 4 is 17.6 Å². The monoisotopic (exact) mass is 394 g/mol. The van der Waals surface area contributed by atoms with Crippen molar-refractivity contribution in [2.24, 2.45) is 0 Å². The summed E-state index contributed by atoms with van der Waals surface area (Å²) in [6.45, 7) is 9.67. The van der Waals surface area contributed by atoms with Gasteiger partial charge in [0, 0.05) is 38.4 Å². The summed E-state index contributed by atoms with van der Waals surface area (Å²) in [7, 11) is 0. The third-order valence-corrected chi connectivity index (χ3v) is 5.52. The van der Waals surface area contributed by atoms with Crippen LogP contribution in [0.1, 0.15) is 22.3 Å². The number of nitrogens with zero attached hydrogens (tertiary/aromatic N) is 2. The normalized spacial score (nSPS) is 13.9. The van der Waals surface area contributed by atoms with E-state index in [-0.39, 0.29) is 18.5 Å². The number of piperazine rings is 1. The molecule has 29 heavy (non-hydrogen) atoms. The third-order valence-electron chi connectivity index (χ3n) is 5.52. The van der Waals surface area contributed by atoms with Crippen LogP contribution in [0.4, 0.5) is 10.5 Å². The Balaban J connectivity index is 1.41. The SMILES string of the molecule is Cc1ccc(CNC(=O)NCC(=O)N2CCN(c3cccc(C)c3C)CC2)cc1. The van der Waals surface area contributed by atoms with Gasteiger partial charge in [0.2, 0.25) is 5.91 Å². The number of hydrogen-bond donors (Lipinski definition) is 2. The molecule has 2 aromatic rings. The number of benzene rings is 2. The highest BCUT2D eigenvalue weighted by Crippen LogP contribution is 2.23. The number of rotatable bonds is 5. The molecular formula is C23H30N4O2. The molecule has 0 aromatic heterocycles. The van der Waals surface area contributed by atoms with Gasteiger partial charge in [0.15, 0.2) is 0 Å². The maximum Gasteiger partial charge on any atom is 0.315 e. The number of aryl methyl sites for hydroxylation is 2. The van der Waals surface area contributed by atoms with Gasteiger partial charge in [0.05, 0.1) is 6.54 Å². The number of hydrogen-bond acceptors (Lipinski definition) is 3. The predicted octanol–water partition coefficient (Wildman–Crippen LogP) is 2.76. The number of urea groups is 1. The highest BCUT2D eigenvalue weighted by molar-refractivity contribution is 5.84. The van der Waals surface area contributed by atoms with Gasteiger partial charge < -0.3 is 20.4 Å². The second-order valence-electron chi connectivity index (χ2n) is 7.61. The number of carbonyl (C=O) groups is 2. The molecule has 0 bridgehead atoms. The lowest BCUT2D eigenvalue weighted by atomic mass is 10.1. The highest BCUT2D eigenvalue weighted by atomic mass is 16.2. The molecule has 1 heterocycles. The molecule has 1 aliphatic rings. The molecule has 6 heteroatoms. The summed E-state index contributed by atoms with van der Waals surface area (Å²) < 4.78 is 0. The standard InChI is InChI=1S/C23H30N4O2/c1-17-7-9-20(10-8-17)15-24-23(29)25-16-22(28)27-13-11-26(12-14-27)21-6-4-5-18(2)19(21)3/h4-10H,11-16H2,1-3H3,(H2,24,25,29). The minimum absolute atomic E-state index is 0.0171. The Kier molecular flexibility index (Phi) is 6.75. The second-order valence-corrected chi connectivity index (χ2v) is 7.61. The lowest BCUT2D eigenvalue weighted by molar-refractivity contribution is -0.130. The van der Waals surface area contributed by atoms with Crippen LogP contribution in [-0.4, -0.2) is 49.6 Å². The number of anilines is 1. The molecule has 0 atom stereocenters. The molecule has 0 unspecified atom stereocenters. The average Bonchev–Trinajstić information content (AvgIpc) is 2.73. The fourth-order valence-corrected chi connectivity index (χ4v) is 3.49. The van der Waals surface area contributed by atoms with E-state index in [2.05, 4.69) is 47.6 Å². The van der Waals surface area contributed by atoms with Crippen molar-refractivity contribution in [2.75, 3.05) is 37.6 Å². The van der Waals surface area contributed by atoms with Crippen LogP contribution in [0.15, 0.2) is 42.5 Å². The summed E-state index contributed by atoms with van der Waals surface area (Å²) >= 11 is 0. The Labute approximate surface area is 172 Å². The maximum atomic E-state index is 12.4.